The zero-order valence-corrected chi connectivity index (χ0v) is 23.0. The Morgan fingerprint density at radius 1 is 1.00 bits per heavy atom. The molecule has 0 spiro atoms. The van der Waals surface area contributed by atoms with Crippen LogP contribution < -0.4 is 5.32 Å². The minimum Gasteiger partial charge on any atom is -0.317 e. The van der Waals surface area contributed by atoms with E-state index in [0.29, 0.717) is 18.2 Å². The maximum absolute atomic E-state index is 13.1. The first kappa shape index (κ1) is 25.8. The highest BCUT2D eigenvalue weighted by molar-refractivity contribution is 7.90. The number of nitrogens with one attached hydrogen (secondary N) is 1. The number of carbonyl (C=O) groups excluding carboxylic acids is 1. The molecule has 0 unspecified atom stereocenters. The normalized spacial score (nSPS) is 19.7. The van der Waals surface area contributed by atoms with Crippen molar-refractivity contribution < 1.29 is 13.2 Å². The molecule has 2 fully saturated rings. The number of carbonyl (C=O) groups is 1. The number of Topliss-reactive ketones (excluding diaryl/α,β-unsaturated/α-hetero) is 1. The monoisotopic (exact) mass is 539 g/mol. The van der Waals surface area contributed by atoms with Crippen molar-refractivity contribution in [3.8, 4) is 0 Å². The number of piperidine rings is 1. The number of benzene rings is 3. The molecule has 1 aliphatic carbocycles. The van der Waals surface area contributed by atoms with E-state index in [4.69, 9.17) is 0 Å². The molecule has 1 saturated heterocycles. The SMILES string of the molecule is Cc1cccc2ccc(CC(=O)[C@@H]3C[C@H]3c3ccc(S(=O)(=O)Cc4nccc(C5CCNCC5)n4)cc3)cc12. The summed E-state index contributed by atoms with van der Waals surface area (Å²) in [6.45, 7) is 3.99. The van der Waals surface area contributed by atoms with Gasteiger partial charge in [0.1, 0.15) is 17.4 Å². The Morgan fingerprint density at radius 2 is 1.79 bits per heavy atom. The van der Waals surface area contributed by atoms with Crippen LogP contribution in [0, 0.1) is 12.8 Å². The summed E-state index contributed by atoms with van der Waals surface area (Å²) in [4.78, 5) is 22.1. The van der Waals surface area contributed by atoms with Gasteiger partial charge in [-0.15, -0.1) is 0 Å². The molecule has 0 amide bonds. The van der Waals surface area contributed by atoms with Crippen LogP contribution in [0.1, 0.15) is 59.3 Å². The lowest BCUT2D eigenvalue weighted by Crippen LogP contribution is -2.27. The van der Waals surface area contributed by atoms with Crippen molar-refractivity contribution in [1.82, 2.24) is 15.3 Å². The summed E-state index contributed by atoms with van der Waals surface area (Å²) in [7, 11) is -3.58. The largest absolute Gasteiger partial charge is 0.317 e. The minimum atomic E-state index is -3.58. The zero-order valence-electron chi connectivity index (χ0n) is 22.1. The molecule has 200 valence electrons. The minimum absolute atomic E-state index is 0.00819. The van der Waals surface area contributed by atoms with Gasteiger partial charge >= 0.3 is 0 Å². The van der Waals surface area contributed by atoms with Gasteiger partial charge in [0.2, 0.25) is 0 Å². The Hall–Kier alpha value is -3.42. The number of sulfone groups is 1. The molecule has 7 heteroatoms. The summed E-state index contributed by atoms with van der Waals surface area (Å²) < 4.78 is 26.3. The summed E-state index contributed by atoms with van der Waals surface area (Å²) in [5.74, 6) is 0.852. The average molecular weight is 540 g/mol. The third-order valence-electron chi connectivity index (χ3n) is 8.22. The molecule has 0 bridgehead atoms. The second-order valence-corrected chi connectivity index (χ2v) is 13.0. The second kappa shape index (κ2) is 10.6. The van der Waals surface area contributed by atoms with Gasteiger partial charge in [-0.2, -0.15) is 0 Å². The lowest BCUT2D eigenvalue weighted by Gasteiger charge is -2.22. The smallest absolute Gasteiger partial charge is 0.185 e. The van der Waals surface area contributed by atoms with Crippen LogP contribution in [-0.4, -0.2) is 37.3 Å². The Bertz CT molecular complexity index is 1630. The molecule has 1 saturated carbocycles. The van der Waals surface area contributed by atoms with Crippen molar-refractivity contribution in [2.75, 3.05) is 13.1 Å². The molecule has 0 radical (unpaired) electrons. The van der Waals surface area contributed by atoms with Crippen molar-refractivity contribution in [2.45, 2.75) is 55.1 Å². The molecule has 6 rings (SSSR count). The van der Waals surface area contributed by atoms with E-state index in [-0.39, 0.29) is 28.3 Å². The van der Waals surface area contributed by atoms with Crippen LogP contribution in [0.2, 0.25) is 0 Å². The van der Waals surface area contributed by atoms with Crippen LogP contribution in [0.5, 0.6) is 0 Å². The van der Waals surface area contributed by atoms with Crippen molar-refractivity contribution in [3.63, 3.8) is 0 Å². The summed E-state index contributed by atoms with van der Waals surface area (Å²) in [6.07, 6.45) is 4.90. The topological polar surface area (TPSA) is 89.0 Å². The highest BCUT2D eigenvalue weighted by Crippen LogP contribution is 2.48. The first-order chi connectivity index (χ1) is 18.9. The summed E-state index contributed by atoms with van der Waals surface area (Å²) in [5, 5.41) is 5.72. The van der Waals surface area contributed by atoms with Gasteiger partial charge in [0.15, 0.2) is 9.84 Å². The zero-order chi connectivity index (χ0) is 27.0. The molecular weight excluding hydrogens is 506 g/mol. The molecule has 3 aromatic carbocycles. The van der Waals surface area contributed by atoms with E-state index in [0.717, 1.165) is 49.2 Å². The van der Waals surface area contributed by atoms with Gasteiger partial charge in [-0.1, -0.05) is 48.5 Å². The number of aromatic nitrogens is 2. The predicted molar refractivity (Wildman–Crippen MR) is 152 cm³/mol. The van der Waals surface area contributed by atoms with E-state index in [1.165, 1.54) is 16.3 Å². The number of fused-ring (bicyclic) bond motifs is 1. The van der Waals surface area contributed by atoms with Crippen LogP contribution in [-0.2, 0) is 26.8 Å². The quantitative estimate of drug-likeness (QED) is 0.327. The van der Waals surface area contributed by atoms with Gasteiger partial charge in [0.05, 0.1) is 4.90 Å². The summed E-state index contributed by atoms with van der Waals surface area (Å²) >= 11 is 0. The van der Waals surface area contributed by atoms with Gasteiger partial charge < -0.3 is 5.32 Å². The van der Waals surface area contributed by atoms with Gasteiger partial charge in [-0.05, 0) is 90.9 Å². The Kier molecular flexibility index (Phi) is 7.04. The summed E-state index contributed by atoms with van der Waals surface area (Å²) in [6, 6.07) is 21.4. The fourth-order valence-corrected chi connectivity index (χ4v) is 7.04. The highest BCUT2D eigenvalue weighted by atomic mass is 32.2. The molecule has 6 nitrogen and oxygen atoms in total. The number of hydrogen-bond donors (Lipinski definition) is 1. The van der Waals surface area contributed by atoms with Crippen LogP contribution in [0.25, 0.3) is 10.8 Å². The van der Waals surface area contributed by atoms with Crippen LogP contribution >= 0.6 is 0 Å². The third kappa shape index (κ3) is 5.65. The molecule has 1 N–H and O–H groups in total. The van der Waals surface area contributed by atoms with E-state index in [1.807, 2.05) is 24.3 Å². The van der Waals surface area contributed by atoms with E-state index < -0.39 is 9.84 Å². The number of aryl methyl sites for hydroxylation is 1. The molecule has 1 aromatic heterocycles. The van der Waals surface area contributed by atoms with Crippen LogP contribution in [0.15, 0.2) is 77.8 Å². The first-order valence-electron chi connectivity index (χ1n) is 13.7. The standard InChI is InChI=1S/C32H33N3O3S/c1-21-3-2-4-23-6-5-22(17-27(21)23)18-31(36)29-19-28(29)24-7-9-26(10-8-24)39(37,38)20-32-34-16-13-30(35-32)25-11-14-33-15-12-25/h2-10,13,16-17,25,28-29,33H,11-12,14-15,18-20H2,1H3/t28-,29+/m0/s1. The number of nitrogens with zero attached hydrogens (tertiary/aromatic N) is 2. The highest BCUT2D eigenvalue weighted by Gasteiger charge is 2.43. The molecular formula is C32H33N3O3S. The Balaban J connectivity index is 1.09. The first-order valence-corrected chi connectivity index (χ1v) is 15.4. The Morgan fingerprint density at radius 3 is 2.59 bits per heavy atom. The fraction of sp³-hybridized carbons (Fsp3) is 0.344. The maximum Gasteiger partial charge on any atom is 0.185 e. The van der Waals surface area contributed by atoms with E-state index in [9.17, 15) is 13.2 Å². The van der Waals surface area contributed by atoms with Gasteiger partial charge in [0, 0.05) is 30.1 Å². The average Bonchev–Trinajstić information content (AvgIpc) is 3.76. The molecule has 1 aliphatic heterocycles. The predicted octanol–water partition coefficient (Wildman–Crippen LogP) is 5.29. The fourth-order valence-electron chi connectivity index (χ4n) is 5.84. The van der Waals surface area contributed by atoms with Crippen LogP contribution in [0.3, 0.4) is 0 Å². The van der Waals surface area contributed by atoms with Gasteiger partial charge in [0.25, 0.3) is 0 Å². The van der Waals surface area contributed by atoms with Crippen molar-refractivity contribution >= 4 is 26.4 Å². The van der Waals surface area contributed by atoms with Gasteiger partial charge in [-0.3, -0.25) is 4.79 Å². The van der Waals surface area contributed by atoms with E-state index in [1.54, 1.807) is 18.3 Å². The van der Waals surface area contributed by atoms with Gasteiger partial charge in [-0.25, -0.2) is 18.4 Å². The van der Waals surface area contributed by atoms with E-state index in [2.05, 4.69) is 52.5 Å². The summed E-state index contributed by atoms with van der Waals surface area (Å²) in [5.41, 5.74) is 4.20. The molecule has 2 aliphatic rings. The Labute approximate surface area is 229 Å². The molecule has 2 atom stereocenters. The number of ketones is 1. The van der Waals surface area contributed by atoms with Crippen LogP contribution in [0.4, 0.5) is 0 Å². The molecule has 2 heterocycles. The second-order valence-electron chi connectivity index (χ2n) is 11.0. The van der Waals surface area contributed by atoms with Crippen molar-refractivity contribution in [1.29, 1.82) is 0 Å². The lowest BCUT2D eigenvalue weighted by atomic mass is 9.94. The lowest BCUT2D eigenvalue weighted by molar-refractivity contribution is -0.119. The van der Waals surface area contributed by atoms with Crippen molar-refractivity contribution in [3.05, 3.63) is 101 Å². The number of rotatable bonds is 8. The van der Waals surface area contributed by atoms with E-state index >= 15 is 0 Å². The molecule has 39 heavy (non-hydrogen) atoms. The third-order valence-corrected chi connectivity index (χ3v) is 9.85. The van der Waals surface area contributed by atoms with Crippen molar-refractivity contribution in [2.24, 2.45) is 5.92 Å². The maximum atomic E-state index is 13.1. The molecule has 4 aromatic rings. The number of hydrogen-bond acceptors (Lipinski definition) is 6.